The largest absolute Gasteiger partial charge is 0.338 e. The Labute approximate surface area is 181 Å². The van der Waals surface area contributed by atoms with Crippen molar-refractivity contribution in [3.63, 3.8) is 0 Å². The molecule has 3 aromatic rings. The zero-order chi connectivity index (χ0) is 21.6. The number of hydrogen-bond donors (Lipinski definition) is 1. The van der Waals surface area contributed by atoms with Gasteiger partial charge in [-0.25, -0.2) is 0 Å². The Kier molecular flexibility index (Phi) is 6.22. The van der Waals surface area contributed by atoms with Gasteiger partial charge in [0.15, 0.2) is 5.78 Å². The lowest BCUT2D eigenvalue weighted by Gasteiger charge is -2.26. The van der Waals surface area contributed by atoms with Crippen LogP contribution >= 0.6 is 0 Å². The maximum absolute atomic E-state index is 13.0. The number of amides is 2. The lowest BCUT2D eigenvalue weighted by atomic mass is 9.98. The van der Waals surface area contributed by atoms with Crippen molar-refractivity contribution in [1.82, 2.24) is 4.90 Å². The van der Waals surface area contributed by atoms with Crippen LogP contribution < -0.4 is 5.32 Å². The number of nitrogens with zero attached hydrogens (tertiary/aromatic N) is 1. The number of hydrogen-bond acceptors (Lipinski definition) is 3. The third-order valence-corrected chi connectivity index (χ3v) is 5.43. The van der Waals surface area contributed by atoms with Crippen molar-refractivity contribution in [2.45, 2.75) is 25.8 Å². The highest BCUT2D eigenvalue weighted by Gasteiger charge is 2.20. The zero-order valence-electron chi connectivity index (χ0n) is 17.2. The molecule has 1 aliphatic rings. The summed E-state index contributed by atoms with van der Waals surface area (Å²) in [5.74, 6) is -0.358. The first-order chi connectivity index (χ1) is 15.1. The Hall–Kier alpha value is -3.73. The molecule has 5 heteroatoms. The lowest BCUT2D eigenvalue weighted by molar-refractivity contribution is -0.133. The topological polar surface area (TPSA) is 66.5 Å². The molecular formula is C26H24N2O3. The smallest absolute Gasteiger partial charge is 0.256 e. The third kappa shape index (κ3) is 4.89. The molecule has 4 rings (SSSR count). The van der Waals surface area contributed by atoms with Crippen LogP contribution in [0.15, 0.2) is 78.9 Å². The predicted molar refractivity (Wildman–Crippen MR) is 120 cm³/mol. The summed E-state index contributed by atoms with van der Waals surface area (Å²) in [4.78, 5) is 39.9. The molecule has 1 fully saturated rings. The molecular weight excluding hydrogens is 388 g/mol. The normalized spacial score (nSPS) is 13.7. The zero-order valence-corrected chi connectivity index (χ0v) is 17.2. The minimum atomic E-state index is -0.342. The fraction of sp³-hybridized carbons (Fsp3) is 0.192. The fourth-order valence-corrected chi connectivity index (χ4v) is 3.82. The second-order valence-electron chi connectivity index (χ2n) is 7.67. The first-order valence-corrected chi connectivity index (χ1v) is 10.5. The molecule has 0 aliphatic carbocycles. The number of rotatable bonds is 6. The molecule has 2 amide bonds. The highest BCUT2D eigenvalue weighted by Crippen LogP contribution is 2.20. The summed E-state index contributed by atoms with van der Waals surface area (Å²) in [7, 11) is 0. The number of anilines is 1. The summed E-state index contributed by atoms with van der Waals surface area (Å²) in [5.41, 5.74) is 2.82. The van der Waals surface area contributed by atoms with E-state index in [2.05, 4.69) is 5.32 Å². The van der Waals surface area contributed by atoms with Gasteiger partial charge in [-0.15, -0.1) is 0 Å². The van der Waals surface area contributed by atoms with Gasteiger partial charge < -0.3 is 10.2 Å². The number of likely N-dealkylation sites (tertiary alicyclic amines) is 1. The second-order valence-corrected chi connectivity index (χ2v) is 7.67. The van der Waals surface area contributed by atoms with Gasteiger partial charge in [-0.1, -0.05) is 60.7 Å². The van der Waals surface area contributed by atoms with E-state index in [4.69, 9.17) is 0 Å². The average molecular weight is 412 g/mol. The number of carbonyl (C=O) groups excluding carboxylic acids is 3. The molecule has 0 atom stereocenters. The van der Waals surface area contributed by atoms with Crippen LogP contribution in [-0.2, 0) is 11.3 Å². The molecule has 1 saturated heterocycles. The van der Waals surface area contributed by atoms with Gasteiger partial charge in [-0.05, 0) is 36.6 Å². The molecule has 1 aliphatic heterocycles. The van der Waals surface area contributed by atoms with Crippen LogP contribution in [0.4, 0.5) is 5.69 Å². The van der Waals surface area contributed by atoms with Crippen LogP contribution in [0.25, 0.3) is 0 Å². The van der Waals surface area contributed by atoms with E-state index in [1.165, 1.54) is 0 Å². The van der Waals surface area contributed by atoms with E-state index in [1.807, 2.05) is 29.2 Å². The van der Waals surface area contributed by atoms with Crippen molar-refractivity contribution < 1.29 is 14.4 Å². The summed E-state index contributed by atoms with van der Waals surface area (Å²) in [6, 6.07) is 23.2. The van der Waals surface area contributed by atoms with Gasteiger partial charge in [0.2, 0.25) is 5.91 Å². The van der Waals surface area contributed by atoms with Gasteiger partial charge in [0, 0.05) is 36.3 Å². The van der Waals surface area contributed by atoms with Crippen molar-refractivity contribution >= 4 is 23.3 Å². The van der Waals surface area contributed by atoms with Gasteiger partial charge in [0.25, 0.3) is 5.91 Å². The van der Waals surface area contributed by atoms with E-state index >= 15 is 0 Å². The summed E-state index contributed by atoms with van der Waals surface area (Å²) in [6.45, 7) is 1.30. The third-order valence-electron chi connectivity index (χ3n) is 5.43. The fourth-order valence-electron chi connectivity index (χ4n) is 3.82. The Morgan fingerprint density at radius 2 is 1.58 bits per heavy atom. The van der Waals surface area contributed by atoms with Crippen LogP contribution in [0.2, 0.25) is 0 Å². The molecule has 0 radical (unpaired) electrons. The average Bonchev–Trinajstić information content (AvgIpc) is 2.81. The lowest BCUT2D eigenvalue weighted by Crippen LogP contribution is -2.34. The molecule has 5 nitrogen and oxygen atoms in total. The Bertz CT molecular complexity index is 1110. The van der Waals surface area contributed by atoms with Crippen molar-refractivity contribution in [1.29, 1.82) is 0 Å². The quantitative estimate of drug-likeness (QED) is 0.598. The van der Waals surface area contributed by atoms with Gasteiger partial charge in [0.1, 0.15) is 0 Å². The second kappa shape index (κ2) is 9.39. The van der Waals surface area contributed by atoms with Crippen LogP contribution in [0.5, 0.6) is 0 Å². The number of ketones is 1. The Balaban J connectivity index is 1.52. The molecule has 1 N–H and O–H groups in total. The molecule has 3 aromatic carbocycles. The van der Waals surface area contributed by atoms with Crippen molar-refractivity contribution in [3.8, 4) is 0 Å². The molecule has 1 heterocycles. The molecule has 0 aromatic heterocycles. The van der Waals surface area contributed by atoms with Gasteiger partial charge in [-0.2, -0.15) is 0 Å². The van der Waals surface area contributed by atoms with Gasteiger partial charge in [0.05, 0.1) is 5.56 Å². The molecule has 0 bridgehead atoms. The molecule has 0 spiro atoms. The highest BCUT2D eigenvalue weighted by atomic mass is 16.2. The molecule has 31 heavy (non-hydrogen) atoms. The van der Waals surface area contributed by atoms with Crippen LogP contribution in [0, 0.1) is 0 Å². The Morgan fingerprint density at radius 1 is 0.839 bits per heavy atom. The summed E-state index contributed by atoms with van der Waals surface area (Å²) in [6.07, 6.45) is 2.57. The van der Waals surface area contributed by atoms with E-state index in [0.29, 0.717) is 35.3 Å². The summed E-state index contributed by atoms with van der Waals surface area (Å²) in [5, 5.41) is 2.90. The summed E-state index contributed by atoms with van der Waals surface area (Å²) >= 11 is 0. The van der Waals surface area contributed by atoms with Crippen LogP contribution in [0.3, 0.4) is 0 Å². The number of benzene rings is 3. The van der Waals surface area contributed by atoms with E-state index in [-0.39, 0.29) is 17.6 Å². The standard InChI is InChI=1S/C26H24N2O3/c29-24-15-6-7-16-28(24)18-19-9-8-12-21(17-19)27-26(31)23-14-5-4-13-22(23)25(30)20-10-2-1-3-11-20/h1-5,8-14,17H,6-7,15-16,18H2,(H,27,31). The van der Waals surface area contributed by atoms with Crippen molar-refractivity contribution in [2.75, 3.05) is 11.9 Å². The number of carbonyl (C=O) groups is 3. The van der Waals surface area contributed by atoms with Crippen molar-refractivity contribution in [2.24, 2.45) is 0 Å². The number of nitrogens with one attached hydrogen (secondary N) is 1. The first kappa shape index (κ1) is 20.5. The first-order valence-electron chi connectivity index (χ1n) is 10.5. The molecule has 0 unspecified atom stereocenters. The SMILES string of the molecule is O=C(Nc1cccc(CN2CCCCC2=O)c1)c1ccccc1C(=O)c1ccccc1. The van der Waals surface area contributed by atoms with E-state index in [9.17, 15) is 14.4 Å². The minimum absolute atomic E-state index is 0.175. The maximum atomic E-state index is 13.0. The van der Waals surface area contributed by atoms with Crippen LogP contribution in [0.1, 0.15) is 51.1 Å². The maximum Gasteiger partial charge on any atom is 0.256 e. The van der Waals surface area contributed by atoms with E-state index in [1.54, 1.807) is 54.6 Å². The predicted octanol–water partition coefficient (Wildman–Crippen LogP) is 4.68. The molecule has 156 valence electrons. The Morgan fingerprint density at radius 3 is 2.35 bits per heavy atom. The molecule has 0 saturated carbocycles. The van der Waals surface area contributed by atoms with E-state index < -0.39 is 0 Å². The van der Waals surface area contributed by atoms with E-state index in [0.717, 1.165) is 24.9 Å². The van der Waals surface area contributed by atoms with Gasteiger partial charge >= 0.3 is 0 Å². The monoisotopic (exact) mass is 412 g/mol. The van der Waals surface area contributed by atoms with Gasteiger partial charge in [-0.3, -0.25) is 14.4 Å². The minimum Gasteiger partial charge on any atom is -0.338 e. The van der Waals surface area contributed by atoms with Crippen LogP contribution in [-0.4, -0.2) is 29.0 Å². The highest BCUT2D eigenvalue weighted by molar-refractivity contribution is 6.17. The van der Waals surface area contributed by atoms with Crippen molar-refractivity contribution in [3.05, 3.63) is 101 Å². The summed E-state index contributed by atoms with van der Waals surface area (Å²) < 4.78 is 0. The number of piperidine rings is 1.